The van der Waals surface area contributed by atoms with Gasteiger partial charge in [-0.25, -0.2) is 0 Å². The molecular formula is C4H5N3. The summed E-state index contributed by atoms with van der Waals surface area (Å²) in [4.78, 5) is 0. The zero-order chi connectivity index (χ0) is 5.70. The predicted octanol–water partition coefficient (Wildman–Crippen LogP) is -0.392. The lowest BCUT2D eigenvalue weighted by Gasteiger charge is -1.84. The van der Waals surface area contributed by atoms with Gasteiger partial charge in [-0.2, -0.15) is 10.5 Å². The second-order valence-electron chi connectivity index (χ2n) is 1.05. The molecule has 0 spiro atoms. The van der Waals surface area contributed by atoms with Gasteiger partial charge in [-0.1, -0.05) is 0 Å². The highest BCUT2D eigenvalue weighted by molar-refractivity contribution is 4.99. The molecule has 7 heavy (non-hydrogen) atoms. The fraction of sp³-hybridized carbons (Fsp3) is 0.500. The summed E-state index contributed by atoms with van der Waals surface area (Å²) in [7, 11) is 0. The van der Waals surface area contributed by atoms with Crippen LogP contribution >= 0.6 is 0 Å². The lowest BCUT2D eigenvalue weighted by atomic mass is 10.2. The lowest BCUT2D eigenvalue weighted by molar-refractivity contribution is 0.848. The standard InChI is InChI=1S/C4H5N3/c5-1-4(2-6)3-7/h4H,1,5H2. The van der Waals surface area contributed by atoms with Crippen molar-refractivity contribution in [2.75, 3.05) is 6.54 Å². The van der Waals surface area contributed by atoms with Gasteiger partial charge in [0.25, 0.3) is 0 Å². The SMILES string of the molecule is N#CC(C#N)CN. The third-order valence-electron chi connectivity index (χ3n) is 0.547. The minimum atomic E-state index is -0.625. The van der Waals surface area contributed by atoms with E-state index in [1.54, 1.807) is 12.1 Å². The Balaban J connectivity index is 3.50. The molecule has 0 fully saturated rings. The average molecular weight is 95.1 g/mol. The van der Waals surface area contributed by atoms with Crippen LogP contribution in [0.2, 0.25) is 0 Å². The van der Waals surface area contributed by atoms with Crippen molar-refractivity contribution in [3.8, 4) is 12.1 Å². The molecule has 0 aliphatic rings. The van der Waals surface area contributed by atoms with Gasteiger partial charge in [0.2, 0.25) is 0 Å². The van der Waals surface area contributed by atoms with E-state index in [1.807, 2.05) is 0 Å². The van der Waals surface area contributed by atoms with Crippen LogP contribution in [0.4, 0.5) is 0 Å². The van der Waals surface area contributed by atoms with Crippen molar-refractivity contribution in [2.45, 2.75) is 0 Å². The fourth-order valence-corrected chi connectivity index (χ4v) is 0.134. The van der Waals surface area contributed by atoms with Crippen LogP contribution in [0.1, 0.15) is 0 Å². The number of hydrogen-bond donors (Lipinski definition) is 1. The molecule has 0 rings (SSSR count). The molecule has 0 saturated carbocycles. The predicted molar refractivity (Wildman–Crippen MR) is 23.8 cm³/mol. The molecule has 2 N–H and O–H groups in total. The van der Waals surface area contributed by atoms with Crippen LogP contribution in [0.5, 0.6) is 0 Å². The summed E-state index contributed by atoms with van der Waals surface area (Å²) in [5.74, 6) is -0.625. The van der Waals surface area contributed by atoms with Gasteiger partial charge in [0.05, 0.1) is 12.1 Å². The van der Waals surface area contributed by atoms with Gasteiger partial charge in [-0.15, -0.1) is 0 Å². The van der Waals surface area contributed by atoms with Crippen LogP contribution in [0.3, 0.4) is 0 Å². The molecule has 0 amide bonds. The topological polar surface area (TPSA) is 73.6 Å². The van der Waals surface area contributed by atoms with Crippen molar-refractivity contribution in [2.24, 2.45) is 11.7 Å². The minimum absolute atomic E-state index is 0.132. The summed E-state index contributed by atoms with van der Waals surface area (Å²) in [6.07, 6.45) is 0. The molecular weight excluding hydrogens is 90.1 g/mol. The van der Waals surface area contributed by atoms with E-state index in [1.165, 1.54) is 0 Å². The third kappa shape index (κ3) is 1.75. The molecule has 0 aromatic carbocycles. The molecule has 0 heterocycles. The summed E-state index contributed by atoms with van der Waals surface area (Å²) >= 11 is 0. The van der Waals surface area contributed by atoms with Gasteiger partial charge in [0, 0.05) is 6.54 Å². The Morgan fingerprint density at radius 2 is 1.86 bits per heavy atom. The summed E-state index contributed by atoms with van der Waals surface area (Å²) in [5, 5.41) is 15.9. The van der Waals surface area contributed by atoms with Crippen LogP contribution in [-0.4, -0.2) is 6.54 Å². The van der Waals surface area contributed by atoms with Gasteiger partial charge in [0.15, 0.2) is 0 Å². The number of nitriles is 2. The molecule has 0 saturated heterocycles. The molecule has 0 unspecified atom stereocenters. The van der Waals surface area contributed by atoms with E-state index in [0.717, 1.165) is 0 Å². The van der Waals surface area contributed by atoms with Gasteiger partial charge in [-0.05, 0) is 0 Å². The highest BCUT2D eigenvalue weighted by Gasteiger charge is 1.97. The van der Waals surface area contributed by atoms with Crippen molar-refractivity contribution in [3.63, 3.8) is 0 Å². The third-order valence-corrected chi connectivity index (χ3v) is 0.547. The van der Waals surface area contributed by atoms with Crippen LogP contribution in [0.15, 0.2) is 0 Å². The number of hydrogen-bond acceptors (Lipinski definition) is 3. The Labute approximate surface area is 42.0 Å². The molecule has 0 bridgehead atoms. The highest BCUT2D eigenvalue weighted by Crippen LogP contribution is 1.82. The van der Waals surface area contributed by atoms with Crippen LogP contribution < -0.4 is 5.73 Å². The Morgan fingerprint density at radius 3 is 1.86 bits per heavy atom. The summed E-state index contributed by atoms with van der Waals surface area (Å²) in [6.45, 7) is 0.132. The first kappa shape index (κ1) is 5.94. The molecule has 36 valence electrons. The minimum Gasteiger partial charge on any atom is -0.328 e. The zero-order valence-electron chi connectivity index (χ0n) is 3.76. The van der Waals surface area contributed by atoms with Crippen molar-refractivity contribution < 1.29 is 0 Å². The first-order valence-electron chi connectivity index (χ1n) is 1.84. The molecule has 3 nitrogen and oxygen atoms in total. The Morgan fingerprint density at radius 1 is 1.43 bits per heavy atom. The van der Waals surface area contributed by atoms with Gasteiger partial charge >= 0.3 is 0 Å². The van der Waals surface area contributed by atoms with E-state index in [0.29, 0.717) is 0 Å². The van der Waals surface area contributed by atoms with Crippen molar-refractivity contribution in [1.82, 2.24) is 0 Å². The van der Waals surface area contributed by atoms with Crippen molar-refractivity contribution >= 4 is 0 Å². The van der Waals surface area contributed by atoms with E-state index >= 15 is 0 Å². The van der Waals surface area contributed by atoms with E-state index in [9.17, 15) is 0 Å². The molecule has 0 radical (unpaired) electrons. The second-order valence-corrected chi connectivity index (χ2v) is 1.05. The average Bonchev–Trinajstić information content (AvgIpc) is 1.72. The lowest BCUT2D eigenvalue weighted by Crippen LogP contribution is -2.09. The van der Waals surface area contributed by atoms with Crippen LogP contribution in [0.25, 0.3) is 0 Å². The molecule has 0 atom stereocenters. The van der Waals surface area contributed by atoms with E-state index in [2.05, 4.69) is 0 Å². The maximum Gasteiger partial charge on any atom is 0.145 e. The Kier molecular flexibility index (Phi) is 2.67. The van der Waals surface area contributed by atoms with Gasteiger partial charge in [0.1, 0.15) is 5.92 Å². The zero-order valence-corrected chi connectivity index (χ0v) is 3.76. The smallest absolute Gasteiger partial charge is 0.145 e. The monoisotopic (exact) mass is 95.0 g/mol. The number of nitrogens with zero attached hydrogens (tertiary/aromatic N) is 2. The summed E-state index contributed by atoms with van der Waals surface area (Å²) in [6, 6.07) is 3.43. The van der Waals surface area contributed by atoms with Crippen LogP contribution in [-0.2, 0) is 0 Å². The largest absolute Gasteiger partial charge is 0.328 e. The fourth-order valence-electron chi connectivity index (χ4n) is 0.134. The first-order chi connectivity index (χ1) is 3.35. The normalized spacial score (nSPS) is 7.43. The summed E-state index contributed by atoms with van der Waals surface area (Å²) < 4.78 is 0. The van der Waals surface area contributed by atoms with Crippen molar-refractivity contribution in [1.29, 1.82) is 10.5 Å². The van der Waals surface area contributed by atoms with E-state index in [4.69, 9.17) is 16.3 Å². The Bertz CT molecular complexity index is 102. The highest BCUT2D eigenvalue weighted by atomic mass is 14.5. The second kappa shape index (κ2) is 3.14. The van der Waals surface area contributed by atoms with Crippen LogP contribution in [0, 0.1) is 28.6 Å². The first-order valence-corrected chi connectivity index (χ1v) is 1.84. The van der Waals surface area contributed by atoms with E-state index in [-0.39, 0.29) is 6.54 Å². The molecule has 0 aliphatic heterocycles. The van der Waals surface area contributed by atoms with Crippen molar-refractivity contribution in [3.05, 3.63) is 0 Å². The van der Waals surface area contributed by atoms with Gasteiger partial charge in [-0.3, -0.25) is 0 Å². The number of nitrogens with two attached hydrogens (primary N) is 1. The number of rotatable bonds is 1. The molecule has 0 aliphatic carbocycles. The molecule has 0 aromatic heterocycles. The maximum absolute atomic E-state index is 7.97. The summed E-state index contributed by atoms with van der Waals surface area (Å²) in [5.41, 5.74) is 4.95. The molecule has 0 aromatic rings. The quantitative estimate of drug-likeness (QED) is 0.482. The maximum atomic E-state index is 7.97. The van der Waals surface area contributed by atoms with Gasteiger partial charge < -0.3 is 5.73 Å². The molecule has 3 heteroatoms. The van der Waals surface area contributed by atoms with E-state index < -0.39 is 5.92 Å². The Hall–Kier alpha value is -1.06.